The first-order valence-electron chi connectivity index (χ1n) is 7.53. The second-order valence-corrected chi connectivity index (χ2v) is 6.76. The lowest BCUT2D eigenvalue weighted by Gasteiger charge is -2.22. The van der Waals surface area contributed by atoms with Gasteiger partial charge in [-0.2, -0.15) is 11.8 Å². The van der Waals surface area contributed by atoms with Crippen LogP contribution in [0.25, 0.3) is 0 Å². The number of carbonyl (C=O) groups excluding carboxylic acids is 1. The van der Waals surface area contributed by atoms with Gasteiger partial charge >= 0.3 is 0 Å². The number of carbonyl (C=O) groups is 1. The van der Waals surface area contributed by atoms with Gasteiger partial charge in [-0.25, -0.2) is 0 Å². The number of amides is 1. The maximum Gasteiger partial charge on any atom is 0.227 e. The number of anilines is 1. The van der Waals surface area contributed by atoms with E-state index >= 15 is 0 Å². The van der Waals surface area contributed by atoms with Crippen LogP contribution in [-0.2, 0) is 11.3 Å². The largest absolute Gasteiger partial charge is 0.312 e. The summed E-state index contributed by atoms with van der Waals surface area (Å²) in [4.78, 5) is 13.6. The van der Waals surface area contributed by atoms with Crippen molar-refractivity contribution in [2.75, 3.05) is 23.0 Å². The normalized spacial score (nSPS) is 23.3. The Morgan fingerprint density at radius 2 is 2.10 bits per heavy atom. The quantitative estimate of drug-likeness (QED) is 0.925. The third-order valence-electron chi connectivity index (χ3n) is 4.08. The zero-order valence-electron chi connectivity index (χ0n) is 11.8. The molecule has 2 aliphatic rings. The van der Waals surface area contributed by atoms with Gasteiger partial charge in [0.05, 0.1) is 0 Å². The van der Waals surface area contributed by atoms with Crippen molar-refractivity contribution < 1.29 is 4.79 Å². The molecule has 0 spiro atoms. The molecule has 0 aliphatic carbocycles. The highest BCUT2D eigenvalue weighted by molar-refractivity contribution is 7.99. The van der Waals surface area contributed by atoms with Crippen LogP contribution in [0, 0.1) is 0 Å². The Balaban J connectivity index is 1.54. The van der Waals surface area contributed by atoms with E-state index in [4.69, 9.17) is 0 Å². The van der Waals surface area contributed by atoms with Crippen molar-refractivity contribution in [1.29, 1.82) is 0 Å². The summed E-state index contributed by atoms with van der Waals surface area (Å²) in [6.45, 7) is 1.80. The molecule has 20 heavy (non-hydrogen) atoms. The number of nitrogens with one attached hydrogen (secondary N) is 1. The lowest BCUT2D eigenvalue weighted by molar-refractivity contribution is -0.117. The molecule has 3 nitrogen and oxygen atoms in total. The van der Waals surface area contributed by atoms with Crippen molar-refractivity contribution >= 4 is 23.4 Å². The molecule has 0 saturated carbocycles. The van der Waals surface area contributed by atoms with E-state index in [2.05, 4.69) is 41.3 Å². The molecule has 0 bridgehead atoms. The minimum atomic E-state index is 0.259. The molecule has 0 unspecified atom stereocenters. The molecule has 0 aromatic heterocycles. The molecule has 1 amide bonds. The van der Waals surface area contributed by atoms with E-state index in [9.17, 15) is 4.79 Å². The predicted molar refractivity (Wildman–Crippen MR) is 85.2 cm³/mol. The summed E-state index contributed by atoms with van der Waals surface area (Å²) < 4.78 is 0. The van der Waals surface area contributed by atoms with Gasteiger partial charge in [0.1, 0.15) is 0 Å². The van der Waals surface area contributed by atoms with Crippen LogP contribution < -0.4 is 10.2 Å². The molecular weight excluding hydrogens is 268 g/mol. The Labute approximate surface area is 125 Å². The molecule has 1 aromatic carbocycles. The van der Waals surface area contributed by atoms with Crippen LogP contribution in [0.1, 0.15) is 31.2 Å². The highest BCUT2D eigenvalue weighted by atomic mass is 32.2. The van der Waals surface area contributed by atoms with Crippen LogP contribution in [-0.4, -0.2) is 30.0 Å². The van der Waals surface area contributed by atoms with E-state index in [1.54, 1.807) is 0 Å². The molecule has 2 saturated heterocycles. The number of hydrogen-bond acceptors (Lipinski definition) is 3. The smallest absolute Gasteiger partial charge is 0.227 e. The molecule has 1 N–H and O–H groups in total. The van der Waals surface area contributed by atoms with Gasteiger partial charge in [0, 0.05) is 37.0 Å². The van der Waals surface area contributed by atoms with Gasteiger partial charge in [-0.15, -0.1) is 0 Å². The van der Waals surface area contributed by atoms with Gasteiger partial charge < -0.3 is 10.2 Å². The van der Waals surface area contributed by atoms with E-state index in [1.165, 1.54) is 29.9 Å². The fourth-order valence-corrected chi connectivity index (χ4v) is 3.99. The SMILES string of the molecule is O=C1CCCN1c1ccc(CN[C@H]2CCCSC2)cc1. The zero-order chi connectivity index (χ0) is 13.8. The molecule has 1 aromatic rings. The zero-order valence-corrected chi connectivity index (χ0v) is 12.6. The average molecular weight is 290 g/mol. The second-order valence-electron chi connectivity index (χ2n) is 5.61. The van der Waals surface area contributed by atoms with Crippen LogP contribution in [0.5, 0.6) is 0 Å². The molecule has 2 fully saturated rings. The van der Waals surface area contributed by atoms with E-state index in [0.29, 0.717) is 12.5 Å². The lowest BCUT2D eigenvalue weighted by atomic mass is 10.1. The summed E-state index contributed by atoms with van der Waals surface area (Å²) in [6, 6.07) is 9.10. The molecule has 0 radical (unpaired) electrons. The van der Waals surface area contributed by atoms with Gasteiger partial charge in [0.15, 0.2) is 0 Å². The van der Waals surface area contributed by atoms with E-state index in [-0.39, 0.29) is 5.91 Å². The maximum atomic E-state index is 11.7. The average Bonchev–Trinajstić information content (AvgIpc) is 2.93. The first kappa shape index (κ1) is 14.0. The summed E-state index contributed by atoms with van der Waals surface area (Å²) in [5, 5.41) is 3.63. The van der Waals surface area contributed by atoms with Gasteiger partial charge in [0.2, 0.25) is 5.91 Å². The van der Waals surface area contributed by atoms with Crippen molar-refractivity contribution in [3.8, 4) is 0 Å². The van der Waals surface area contributed by atoms with Gasteiger partial charge in [-0.1, -0.05) is 12.1 Å². The summed E-state index contributed by atoms with van der Waals surface area (Å²) in [6.07, 6.45) is 4.32. The Morgan fingerprint density at radius 3 is 2.75 bits per heavy atom. The summed E-state index contributed by atoms with van der Waals surface area (Å²) >= 11 is 2.05. The fraction of sp³-hybridized carbons (Fsp3) is 0.562. The van der Waals surface area contributed by atoms with Crippen molar-refractivity contribution in [2.45, 2.75) is 38.3 Å². The van der Waals surface area contributed by atoms with E-state index < -0.39 is 0 Å². The molecule has 1 atom stereocenters. The first-order valence-corrected chi connectivity index (χ1v) is 8.69. The standard InChI is InChI=1S/C16H22N2OS/c19-16-4-1-9-18(16)15-7-5-13(6-8-15)11-17-14-3-2-10-20-12-14/h5-8,14,17H,1-4,9-12H2/t14-/m0/s1. The Morgan fingerprint density at radius 1 is 1.25 bits per heavy atom. The monoisotopic (exact) mass is 290 g/mol. The molecule has 2 heterocycles. The summed E-state index contributed by atoms with van der Waals surface area (Å²) in [5.41, 5.74) is 2.35. The highest BCUT2D eigenvalue weighted by Crippen LogP contribution is 2.22. The lowest BCUT2D eigenvalue weighted by Crippen LogP contribution is -2.33. The van der Waals surface area contributed by atoms with Crippen molar-refractivity contribution in [3.05, 3.63) is 29.8 Å². The number of thioether (sulfide) groups is 1. The van der Waals surface area contributed by atoms with Crippen molar-refractivity contribution in [3.63, 3.8) is 0 Å². The van der Waals surface area contributed by atoms with Gasteiger partial charge in [-0.05, 0) is 42.7 Å². The number of nitrogens with zero attached hydrogens (tertiary/aromatic N) is 1. The Bertz CT molecular complexity index is 454. The minimum absolute atomic E-state index is 0.259. The van der Waals surface area contributed by atoms with E-state index in [1.807, 2.05) is 4.90 Å². The number of rotatable bonds is 4. The van der Waals surface area contributed by atoms with Crippen molar-refractivity contribution in [2.24, 2.45) is 0 Å². The molecule has 4 heteroatoms. The Kier molecular flexibility index (Phi) is 4.63. The number of hydrogen-bond donors (Lipinski definition) is 1. The van der Waals surface area contributed by atoms with E-state index in [0.717, 1.165) is 25.2 Å². The summed E-state index contributed by atoms with van der Waals surface area (Å²) in [7, 11) is 0. The first-order chi connectivity index (χ1) is 9.83. The third-order valence-corrected chi connectivity index (χ3v) is 5.29. The van der Waals surface area contributed by atoms with Crippen LogP contribution in [0.4, 0.5) is 5.69 Å². The topological polar surface area (TPSA) is 32.3 Å². The van der Waals surface area contributed by atoms with Crippen LogP contribution in [0.15, 0.2) is 24.3 Å². The minimum Gasteiger partial charge on any atom is -0.312 e. The number of benzene rings is 1. The van der Waals surface area contributed by atoms with Crippen LogP contribution in [0.2, 0.25) is 0 Å². The fourth-order valence-electron chi connectivity index (χ4n) is 2.88. The maximum absolute atomic E-state index is 11.7. The molecule has 2 aliphatic heterocycles. The molecule has 3 rings (SSSR count). The second kappa shape index (κ2) is 6.64. The van der Waals surface area contributed by atoms with Crippen molar-refractivity contribution in [1.82, 2.24) is 5.32 Å². The highest BCUT2D eigenvalue weighted by Gasteiger charge is 2.21. The van der Waals surface area contributed by atoms with Gasteiger partial charge in [-0.3, -0.25) is 4.79 Å². The molecular formula is C16H22N2OS. The summed E-state index contributed by atoms with van der Waals surface area (Å²) in [5.74, 6) is 2.81. The van der Waals surface area contributed by atoms with Crippen LogP contribution in [0.3, 0.4) is 0 Å². The van der Waals surface area contributed by atoms with Gasteiger partial charge in [0.25, 0.3) is 0 Å². The van der Waals surface area contributed by atoms with Crippen LogP contribution >= 0.6 is 11.8 Å². The predicted octanol–water partition coefficient (Wildman–Crippen LogP) is 2.80. The Hall–Kier alpha value is -1.00. The third kappa shape index (κ3) is 3.36. The molecule has 108 valence electrons.